The van der Waals surface area contributed by atoms with Crippen LogP contribution >= 0.6 is 11.6 Å². The van der Waals surface area contributed by atoms with Crippen molar-refractivity contribution in [1.29, 1.82) is 0 Å². The minimum absolute atomic E-state index is 0.357. The van der Waals surface area contributed by atoms with E-state index in [1.54, 1.807) is 20.8 Å². The molecule has 0 aliphatic heterocycles. The van der Waals surface area contributed by atoms with E-state index in [9.17, 15) is 5.11 Å². The molecule has 4 nitrogen and oxygen atoms in total. The Hall–Kier alpha value is 0.130. The summed E-state index contributed by atoms with van der Waals surface area (Å²) in [5.41, 5.74) is -0.465. The van der Waals surface area contributed by atoms with Crippen molar-refractivity contribution in [3.8, 4) is 0 Å². The lowest BCUT2D eigenvalue weighted by molar-refractivity contribution is -0.390. The highest BCUT2D eigenvalue weighted by Gasteiger charge is 2.25. The smallest absolute Gasteiger partial charge is 0.279 e. The third kappa shape index (κ3) is 7.22. The maximum Gasteiger partial charge on any atom is 0.279 e. The Morgan fingerprint density at radius 1 is 1.46 bits per heavy atom. The molecule has 0 bridgehead atoms. The van der Waals surface area contributed by atoms with Gasteiger partial charge in [-0.25, -0.2) is 0 Å². The number of halogens is 1. The van der Waals surface area contributed by atoms with Crippen molar-refractivity contribution in [1.82, 2.24) is 0 Å². The van der Waals surface area contributed by atoms with Gasteiger partial charge in [0.05, 0.1) is 0 Å². The lowest BCUT2D eigenvalue weighted by atomic mass is 10.6. The molecule has 0 radical (unpaired) electrons. The molecule has 0 fully saturated rings. The second-order valence-corrected chi connectivity index (χ2v) is 3.31. The normalized spacial score (nSPS) is 20.8. The van der Waals surface area contributed by atoms with Crippen LogP contribution in [0.3, 0.4) is 0 Å². The Bertz CT molecular complexity index is 138. The fourth-order valence-corrected chi connectivity index (χ4v) is 1.05. The maximum absolute atomic E-state index is 9.43. The van der Waals surface area contributed by atoms with Crippen molar-refractivity contribution in [2.75, 3.05) is 6.61 Å². The molecule has 0 aliphatic rings. The third-order valence-corrected chi connectivity index (χ3v) is 1.28. The fourth-order valence-electron chi connectivity index (χ4n) is 0.902. The van der Waals surface area contributed by atoms with Crippen LogP contribution in [0.5, 0.6) is 0 Å². The summed E-state index contributed by atoms with van der Waals surface area (Å²) >= 11 is 5.55. The molecule has 5 heteroatoms. The van der Waals surface area contributed by atoms with Crippen molar-refractivity contribution in [2.45, 2.75) is 45.5 Å². The first-order valence-electron chi connectivity index (χ1n) is 4.21. The molecule has 0 aromatic carbocycles. The van der Waals surface area contributed by atoms with Gasteiger partial charge in [-0.15, -0.1) is 0 Å². The Balaban J connectivity index is 3.81. The first-order valence-corrected chi connectivity index (χ1v) is 4.64. The van der Waals surface area contributed by atoms with Crippen LogP contribution < -0.4 is 0 Å². The van der Waals surface area contributed by atoms with Crippen molar-refractivity contribution >= 4 is 11.6 Å². The second kappa shape index (κ2) is 5.78. The largest absolute Gasteiger partial charge is 0.343 e. The van der Waals surface area contributed by atoms with Gasteiger partial charge in [0.15, 0.2) is 6.29 Å². The summed E-state index contributed by atoms with van der Waals surface area (Å²) in [6, 6.07) is 0. The molecule has 1 N–H and O–H groups in total. The number of rotatable bonds is 6. The summed E-state index contributed by atoms with van der Waals surface area (Å²) in [6.45, 7) is 6.81. The summed E-state index contributed by atoms with van der Waals surface area (Å²) in [5, 5.41) is 9.43. The molecular formula is C8H17ClO4. The average molecular weight is 213 g/mol. The van der Waals surface area contributed by atoms with Crippen molar-refractivity contribution in [3.05, 3.63) is 0 Å². The standard InChI is InChI=1S/C8H17ClO4/c1-5-11-8(4,10)13-7(3)12-6(2)9/h6-7,10H,5H2,1-4H3. The number of aliphatic hydroxyl groups is 1. The van der Waals surface area contributed by atoms with Crippen LogP contribution in [0.4, 0.5) is 0 Å². The van der Waals surface area contributed by atoms with Crippen LogP contribution in [-0.2, 0) is 14.2 Å². The minimum atomic E-state index is -1.63. The van der Waals surface area contributed by atoms with Gasteiger partial charge in [0, 0.05) is 13.5 Å². The Labute approximate surface area is 83.7 Å². The van der Waals surface area contributed by atoms with Gasteiger partial charge in [-0.05, 0) is 20.8 Å². The number of hydrogen-bond donors (Lipinski definition) is 1. The van der Waals surface area contributed by atoms with Crippen LogP contribution in [0.15, 0.2) is 0 Å². The van der Waals surface area contributed by atoms with E-state index in [2.05, 4.69) is 0 Å². The van der Waals surface area contributed by atoms with Gasteiger partial charge in [-0.3, -0.25) is 4.74 Å². The van der Waals surface area contributed by atoms with E-state index in [1.807, 2.05) is 0 Å². The summed E-state index contributed by atoms with van der Waals surface area (Å²) in [7, 11) is 0. The monoisotopic (exact) mass is 212 g/mol. The number of alkyl halides is 1. The molecule has 3 atom stereocenters. The van der Waals surface area contributed by atoms with Gasteiger partial charge in [0.1, 0.15) is 5.56 Å². The molecule has 0 aromatic rings. The van der Waals surface area contributed by atoms with E-state index in [4.69, 9.17) is 25.8 Å². The molecule has 0 rings (SSSR count). The SMILES string of the molecule is CCOC(C)(O)OC(C)OC(C)Cl. The Morgan fingerprint density at radius 3 is 2.38 bits per heavy atom. The molecule has 0 saturated heterocycles. The van der Waals surface area contributed by atoms with Crippen molar-refractivity contribution in [3.63, 3.8) is 0 Å². The van der Waals surface area contributed by atoms with Gasteiger partial charge in [-0.2, -0.15) is 0 Å². The molecule has 0 saturated carbocycles. The summed E-state index contributed by atoms with van der Waals surface area (Å²) in [6.07, 6.45) is -0.617. The number of hydrogen-bond acceptors (Lipinski definition) is 4. The van der Waals surface area contributed by atoms with E-state index in [0.29, 0.717) is 6.61 Å². The molecule has 3 unspecified atom stereocenters. The highest BCUT2D eigenvalue weighted by atomic mass is 35.5. The lowest BCUT2D eigenvalue weighted by Crippen LogP contribution is -2.37. The van der Waals surface area contributed by atoms with Crippen LogP contribution in [0.2, 0.25) is 0 Å². The quantitative estimate of drug-likeness (QED) is 0.537. The molecule has 0 aliphatic carbocycles. The summed E-state index contributed by atoms with van der Waals surface area (Å²) < 4.78 is 14.9. The summed E-state index contributed by atoms with van der Waals surface area (Å²) in [5.74, 6) is -1.63. The molecule has 13 heavy (non-hydrogen) atoms. The second-order valence-electron chi connectivity index (χ2n) is 2.70. The zero-order valence-electron chi connectivity index (χ0n) is 8.41. The van der Waals surface area contributed by atoms with Gasteiger partial charge >= 0.3 is 0 Å². The van der Waals surface area contributed by atoms with Crippen molar-refractivity contribution < 1.29 is 19.3 Å². The molecule has 0 spiro atoms. The highest BCUT2D eigenvalue weighted by Crippen LogP contribution is 2.13. The van der Waals surface area contributed by atoms with E-state index in [-0.39, 0.29) is 0 Å². The van der Waals surface area contributed by atoms with Crippen LogP contribution in [0, 0.1) is 0 Å². The molecular weight excluding hydrogens is 196 g/mol. The van der Waals surface area contributed by atoms with E-state index >= 15 is 0 Å². The van der Waals surface area contributed by atoms with E-state index in [0.717, 1.165) is 0 Å². The first-order chi connectivity index (χ1) is 5.87. The van der Waals surface area contributed by atoms with Crippen LogP contribution in [0.25, 0.3) is 0 Å². The van der Waals surface area contributed by atoms with E-state index < -0.39 is 17.8 Å². The zero-order chi connectivity index (χ0) is 10.5. The minimum Gasteiger partial charge on any atom is -0.343 e. The van der Waals surface area contributed by atoms with Crippen LogP contribution in [0.1, 0.15) is 27.7 Å². The molecule has 80 valence electrons. The zero-order valence-corrected chi connectivity index (χ0v) is 9.17. The van der Waals surface area contributed by atoms with Gasteiger partial charge in [0.25, 0.3) is 5.97 Å². The van der Waals surface area contributed by atoms with Crippen LogP contribution in [-0.4, -0.2) is 29.5 Å². The summed E-state index contributed by atoms with van der Waals surface area (Å²) in [4.78, 5) is 0. The Kier molecular flexibility index (Phi) is 5.83. The highest BCUT2D eigenvalue weighted by molar-refractivity contribution is 6.19. The maximum atomic E-state index is 9.43. The molecule has 0 amide bonds. The topological polar surface area (TPSA) is 47.9 Å². The first kappa shape index (κ1) is 13.1. The third-order valence-electron chi connectivity index (χ3n) is 1.18. The average Bonchev–Trinajstić information content (AvgIpc) is 1.81. The Morgan fingerprint density at radius 2 is 2.00 bits per heavy atom. The number of ether oxygens (including phenoxy) is 3. The molecule has 0 heterocycles. The molecule has 0 aromatic heterocycles. The predicted molar refractivity (Wildman–Crippen MR) is 49.2 cm³/mol. The predicted octanol–water partition coefficient (Wildman–Crippen LogP) is 1.65. The fraction of sp³-hybridized carbons (Fsp3) is 1.00. The van der Waals surface area contributed by atoms with Gasteiger partial charge in [-0.1, -0.05) is 11.6 Å². The van der Waals surface area contributed by atoms with Gasteiger partial charge in [0.2, 0.25) is 0 Å². The lowest BCUT2D eigenvalue weighted by Gasteiger charge is -2.27. The van der Waals surface area contributed by atoms with Crippen molar-refractivity contribution in [2.24, 2.45) is 0 Å². The van der Waals surface area contributed by atoms with E-state index in [1.165, 1.54) is 6.92 Å². The van der Waals surface area contributed by atoms with Gasteiger partial charge < -0.3 is 14.6 Å².